The van der Waals surface area contributed by atoms with Gasteiger partial charge in [0.05, 0.1) is 0 Å². The molecule has 0 saturated heterocycles. The first-order valence-corrected chi connectivity index (χ1v) is 14.1. The van der Waals surface area contributed by atoms with E-state index in [1.165, 1.54) is 101 Å². The summed E-state index contributed by atoms with van der Waals surface area (Å²) in [5, 5.41) is 0. The second-order valence-electron chi connectivity index (χ2n) is 11.1. The van der Waals surface area contributed by atoms with Crippen LogP contribution in [0.5, 0.6) is 0 Å². The summed E-state index contributed by atoms with van der Waals surface area (Å²) < 4.78 is 14.8. The topological polar surface area (TPSA) is 0 Å². The van der Waals surface area contributed by atoms with Crippen molar-refractivity contribution in [2.45, 2.75) is 116 Å². The lowest BCUT2D eigenvalue weighted by Crippen LogP contribution is -2.13. The maximum Gasteiger partial charge on any atom is 0.131 e. The third kappa shape index (κ3) is 6.49. The Kier molecular flexibility index (Phi) is 9.04. The van der Waals surface area contributed by atoms with Crippen LogP contribution in [0.4, 0.5) is 4.39 Å². The molecule has 2 aromatic carbocycles. The summed E-state index contributed by atoms with van der Waals surface area (Å²) in [7, 11) is 0. The molecule has 2 saturated carbocycles. The third-order valence-corrected chi connectivity index (χ3v) is 8.76. The van der Waals surface area contributed by atoms with Crippen LogP contribution >= 0.6 is 0 Å². The smallest absolute Gasteiger partial charge is 0.131 e. The fourth-order valence-electron chi connectivity index (χ4n) is 6.61. The zero-order chi connectivity index (χ0) is 23.0. The Labute approximate surface area is 202 Å². The van der Waals surface area contributed by atoms with Crippen molar-refractivity contribution in [3.63, 3.8) is 0 Å². The Hall–Kier alpha value is -1.63. The minimum absolute atomic E-state index is 0.0835. The first-order chi connectivity index (χ1) is 16.2. The molecule has 0 aliphatic heterocycles. The Bertz CT molecular complexity index is 835. The van der Waals surface area contributed by atoms with Crippen molar-refractivity contribution in [1.29, 1.82) is 0 Å². The van der Waals surface area contributed by atoms with E-state index in [-0.39, 0.29) is 5.82 Å². The van der Waals surface area contributed by atoms with E-state index in [4.69, 9.17) is 0 Å². The molecule has 0 radical (unpaired) electrons. The molecular weight excluding hydrogens is 403 g/mol. The van der Waals surface area contributed by atoms with E-state index in [2.05, 4.69) is 44.2 Å². The summed E-state index contributed by atoms with van der Waals surface area (Å²) in [6, 6.07) is 14.8. The predicted molar refractivity (Wildman–Crippen MR) is 140 cm³/mol. The standard InChI is InChI=1S/C32H45F/c1-3-5-6-8-25-11-15-28(16-12-25)30-21-22-32(33)31(23-30)29-19-17-27(18-20-29)26-13-9-24(7-4-2)10-14-26/h17-26,28H,3-16H2,1-2H3. The molecule has 2 fully saturated rings. The molecule has 0 atom stereocenters. The highest BCUT2D eigenvalue weighted by atomic mass is 19.1. The van der Waals surface area contributed by atoms with Gasteiger partial charge >= 0.3 is 0 Å². The first-order valence-electron chi connectivity index (χ1n) is 14.1. The van der Waals surface area contributed by atoms with Gasteiger partial charge in [-0.15, -0.1) is 0 Å². The van der Waals surface area contributed by atoms with Crippen LogP contribution in [0, 0.1) is 17.7 Å². The zero-order valence-electron chi connectivity index (χ0n) is 21.1. The van der Waals surface area contributed by atoms with Crippen LogP contribution < -0.4 is 0 Å². The van der Waals surface area contributed by atoms with Crippen molar-refractivity contribution < 1.29 is 4.39 Å². The van der Waals surface area contributed by atoms with Gasteiger partial charge < -0.3 is 0 Å². The largest absolute Gasteiger partial charge is 0.206 e. The molecule has 0 nitrogen and oxygen atoms in total. The van der Waals surface area contributed by atoms with Crippen LogP contribution in [0.1, 0.15) is 127 Å². The van der Waals surface area contributed by atoms with Crippen LogP contribution in [-0.4, -0.2) is 0 Å². The third-order valence-electron chi connectivity index (χ3n) is 8.76. The van der Waals surface area contributed by atoms with Gasteiger partial charge in [0.1, 0.15) is 5.82 Å². The summed E-state index contributed by atoms with van der Waals surface area (Å²) >= 11 is 0. The van der Waals surface area contributed by atoms with Crippen LogP contribution in [0.2, 0.25) is 0 Å². The number of hydrogen-bond acceptors (Lipinski definition) is 0. The van der Waals surface area contributed by atoms with Crippen LogP contribution in [0.25, 0.3) is 11.1 Å². The molecule has 2 aliphatic carbocycles. The van der Waals surface area contributed by atoms with E-state index in [0.29, 0.717) is 11.8 Å². The van der Waals surface area contributed by atoms with E-state index in [1.54, 1.807) is 6.07 Å². The lowest BCUT2D eigenvalue weighted by molar-refractivity contribution is 0.302. The molecule has 0 spiro atoms. The number of hydrogen-bond donors (Lipinski definition) is 0. The molecule has 2 aliphatic rings. The molecular formula is C32H45F. The monoisotopic (exact) mass is 448 g/mol. The second-order valence-corrected chi connectivity index (χ2v) is 11.1. The Balaban J connectivity index is 1.38. The van der Waals surface area contributed by atoms with E-state index in [1.807, 2.05) is 6.07 Å². The van der Waals surface area contributed by atoms with Crippen molar-refractivity contribution in [2.75, 3.05) is 0 Å². The predicted octanol–water partition coefficient (Wildman–Crippen LogP) is 10.4. The van der Waals surface area contributed by atoms with Gasteiger partial charge in [0.15, 0.2) is 0 Å². The minimum Gasteiger partial charge on any atom is -0.206 e. The molecule has 2 aromatic rings. The average Bonchev–Trinajstić information content (AvgIpc) is 2.86. The van der Waals surface area contributed by atoms with Crippen molar-refractivity contribution in [2.24, 2.45) is 11.8 Å². The molecule has 0 amide bonds. The van der Waals surface area contributed by atoms with Crippen LogP contribution in [-0.2, 0) is 0 Å². The van der Waals surface area contributed by atoms with Gasteiger partial charge in [0, 0.05) is 5.56 Å². The lowest BCUT2D eigenvalue weighted by Gasteiger charge is -2.29. The lowest BCUT2D eigenvalue weighted by atomic mass is 9.76. The van der Waals surface area contributed by atoms with E-state index >= 15 is 0 Å². The highest BCUT2D eigenvalue weighted by Crippen LogP contribution is 2.40. The molecule has 33 heavy (non-hydrogen) atoms. The highest BCUT2D eigenvalue weighted by molar-refractivity contribution is 5.65. The molecule has 0 heterocycles. The van der Waals surface area contributed by atoms with Crippen LogP contribution in [0.15, 0.2) is 42.5 Å². The molecule has 0 bridgehead atoms. The average molecular weight is 449 g/mol. The summed E-state index contributed by atoms with van der Waals surface area (Å²) in [6.45, 7) is 4.59. The SMILES string of the molecule is CCCCCC1CCC(c2ccc(F)c(-c3ccc(C4CCC(CCC)CC4)cc3)c2)CC1. The normalized spacial score (nSPS) is 25.8. The van der Waals surface area contributed by atoms with Crippen LogP contribution in [0.3, 0.4) is 0 Å². The maximum absolute atomic E-state index is 14.8. The molecule has 0 aromatic heterocycles. The van der Waals surface area contributed by atoms with Crippen molar-refractivity contribution in [1.82, 2.24) is 0 Å². The molecule has 0 unspecified atom stereocenters. The Morgan fingerprint density at radius 1 is 0.636 bits per heavy atom. The van der Waals surface area contributed by atoms with Crippen molar-refractivity contribution >= 4 is 0 Å². The zero-order valence-corrected chi connectivity index (χ0v) is 21.1. The summed E-state index contributed by atoms with van der Waals surface area (Å²) in [5.74, 6) is 3.06. The minimum atomic E-state index is -0.0835. The van der Waals surface area contributed by atoms with Gasteiger partial charge in [-0.1, -0.05) is 82.7 Å². The van der Waals surface area contributed by atoms with Gasteiger partial charge in [0.2, 0.25) is 0 Å². The van der Waals surface area contributed by atoms with E-state index in [0.717, 1.165) is 23.0 Å². The van der Waals surface area contributed by atoms with E-state index in [9.17, 15) is 4.39 Å². The highest BCUT2D eigenvalue weighted by Gasteiger charge is 2.24. The summed E-state index contributed by atoms with van der Waals surface area (Å²) in [4.78, 5) is 0. The molecule has 180 valence electrons. The van der Waals surface area contributed by atoms with E-state index < -0.39 is 0 Å². The fourth-order valence-corrected chi connectivity index (χ4v) is 6.61. The summed E-state index contributed by atoms with van der Waals surface area (Å²) in [5.41, 5.74) is 4.62. The first kappa shape index (κ1) is 24.5. The second kappa shape index (κ2) is 12.2. The van der Waals surface area contributed by atoms with Crippen molar-refractivity contribution in [3.8, 4) is 11.1 Å². The van der Waals surface area contributed by atoms with Crippen molar-refractivity contribution in [3.05, 3.63) is 59.4 Å². The number of halogens is 1. The number of unbranched alkanes of at least 4 members (excludes halogenated alkanes) is 2. The van der Waals surface area contributed by atoms with Gasteiger partial charge in [-0.25, -0.2) is 4.39 Å². The maximum atomic E-state index is 14.8. The Morgan fingerprint density at radius 3 is 1.82 bits per heavy atom. The number of benzene rings is 2. The fraction of sp³-hybridized carbons (Fsp3) is 0.625. The molecule has 0 N–H and O–H groups in total. The quantitative estimate of drug-likeness (QED) is 0.335. The van der Waals surface area contributed by atoms with Gasteiger partial charge in [-0.3, -0.25) is 0 Å². The van der Waals surface area contributed by atoms with Gasteiger partial charge in [-0.05, 0) is 104 Å². The van der Waals surface area contributed by atoms with Gasteiger partial charge in [-0.2, -0.15) is 0 Å². The molecule has 4 rings (SSSR count). The summed E-state index contributed by atoms with van der Waals surface area (Å²) in [6.07, 6.45) is 18.8. The van der Waals surface area contributed by atoms with Gasteiger partial charge in [0.25, 0.3) is 0 Å². The molecule has 1 heteroatoms. The Morgan fingerprint density at radius 2 is 1.21 bits per heavy atom. The number of rotatable bonds is 9.